The van der Waals surface area contributed by atoms with E-state index in [9.17, 15) is 10.1 Å². The predicted octanol–water partition coefficient (Wildman–Crippen LogP) is 4.03. The molecule has 0 bridgehead atoms. The van der Waals surface area contributed by atoms with E-state index in [4.69, 9.17) is 4.98 Å². The number of nitro benzene ring substituents is 1. The van der Waals surface area contributed by atoms with Gasteiger partial charge in [-0.05, 0) is 36.4 Å². The first kappa shape index (κ1) is 14.5. The van der Waals surface area contributed by atoms with Gasteiger partial charge in [0, 0.05) is 12.1 Å². The number of hydrogen-bond acceptors (Lipinski definition) is 3. The molecule has 0 atom stereocenters. The van der Waals surface area contributed by atoms with Gasteiger partial charge in [0.25, 0.3) is 11.5 Å². The maximum absolute atomic E-state index is 10.9. The Morgan fingerprint density at radius 2 is 1.65 bits per heavy atom. The molecule has 0 aliphatic rings. The molecule has 3 aromatic carbocycles. The van der Waals surface area contributed by atoms with Crippen molar-refractivity contribution in [1.82, 2.24) is 9.97 Å². The average Bonchev–Trinajstić information content (AvgIpc) is 3.07. The van der Waals surface area contributed by atoms with Crippen LogP contribution in [0.15, 0.2) is 72.8 Å². The number of hydrogen-bond donors (Lipinski definition) is 1. The summed E-state index contributed by atoms with van der Waals surface area (Å²) in [6, 6.07) is 22.5. The number of aromatic nitrogens is 3. The molecule has 0 aliphatic heterocycles. The van der Waals surface area contributed by atoms with Crippen LogP contribution in [0.5, 0.6) is 0 Å². The molecule has 0 unspecified atom stereocenters. The van der Waals surface area contributed by atoms with E-state index in [0.717, 1.165) is 39.0 Å². The van der Waals surface area contributed by atoms with Crippen molar-refractivity contribution in [3.63, 3.8) is 0 Å². The van der Waals surface area contributed by atoms with E-state index >= 15 is 0 Å². The van der Waals surface area contributed by atoms with Crippen molar-refractivity contribution in [2.45, 2.75) is 0 Å². The van der Waals surface area contributed by atoms with Gasteiger partial charge in [-0.25, -0.2) is 0 Å². The summed E-state index contributed by atoms with van der Waals surface area (Å²) in [7, 11) is 0. The second kappa shape index (κ2) is 5.35. The SMILES string of the molecule is O=[N+]([O-])c1ccc(-c2nc3ccccc3c3[nH]c4ccccc4[n+]23)cc1. The zero-order chi connectivity index (χ0) is 17.7. The second-order valence-electron chi connectivity index (χ2n) is 6.08. The number of non-ortho nitro benzene ring substituents is 1. The molecule has 5 aromatic rings. The first-order valence-corrected chi connectivity index (χ1v) is 8.18. The molecule has 6 heteroatoms. The molecule has 0 saturated heterocycles. The van der Waals surface area contributed by atoms with Gasteiger partial charge in [0.15, 0.2) is 5.52 Å². The first-order valence-electron chi connectivity index (χ1n) is 8.18. The summed E-state index contributed by atoms with van der Waals surface area (Å²) >= 11 is 0. The number of aromatic amines is 1. The topological polar surface area (TPSA) is 75.9 Å². The summed E-state index contributed by atoms with van der Waals surface area (Å²) in [5.74, 6) is 0.742. The van der Waals surface area contributed by atoms with E-state index in [1.807, 2.05) is 48.5 Å². The van der Waals surface area contributed by atoms with Gasteiger partial charge in [-0.2, -0.15) is 4.40 Å². The third-order valence-corrected chi connectivity index (χ3v) is 4.56. The molecule has 2 aromatic heterocycles. The Balaban J connectivity index is 1.92. The molecular formula is C20H13N4O2+. The monoisotopic (exact) mass is 341 g/mol. The van der Waals surface area contributed by atoms with Gasteiger partial charge in [0.1, 0.15) is 11.0 Å². The molecule has 1 N–H and O–H groups in total. The van der Waals surface area contributed by atoms with Gasteiger partial charge in [0.05, 0.1) is 15.9 Å². The Morgan fingerprint density at radius 1 is 0.923 bits per heavy atom. The van der Waals surface area contributed by atoms with Gasteiger partial charge in [-0.3, -0.25) is 15.1 Å². The zero-order valence-electron chi connectivity index (χ0n) is 13.6. The third kappa shape index (κ3) is 2.05. The van der Waals surface area contributed by atoms with Gasteiger partial charge in [-0.15, -0.1) is 4.98 Å². The first-order chi connectivity index (χ1) is 12.7. The van der Waals surface area contributed by atoms with Crippen LogP contribution in [0.3, 0.4) is 0 Å². The van der Waals surface area contributed by atoms with Crippen molar-refractivity contribution >= 4 is 33.3 Å². The van der Waals surface area contributed by atoms with Crippen molar-refractivity contribution in [1.29, 1.82) is 0 Å². The van der Waals surface area contributed by atoms with Gasteiger partial charge in [-0.1, -0.05) is 24.3 Å². The van der Waals surface area contributed by atoms with E-state index in [-0.39, 0.29) is 5.69 Å². The number of benzene rings is 3. The fourth-order valence-corrected chi connectivity index (χ4v) is 3.35. The molecule has 2 heterocycles. The largest absolute Gasteiger partial charge is 0.275 e. The number of rotatable bonds is 2. The van der Waals surface area contributed by atoms with Crippen LogP contribution >= 0.6 is 0 Å². The molecule has 26 heavy (non-hydrogen) atoms. The minimum atomic E-state index is -0.397. The maximum atomic E-state index is 10.9. The molecule has 0 spiro atoms. The fraction of sp³-hybridized carbons (Fsp3) is 0. The van der Waals surface area contributed by atoms with E-state index in [2.05, 4.69) is 9.38 Å². The van der Waals surface area contributed by atoms with E-state index in [1.54, 1.807) is 12.1 Å². The van der Waals surface area contributed by atoms with Gasteiger partial charge in [0.2, 0.25) is 5.65 Å². The number of para-hydroxylation sites is 3. The highest BCUT2D eigenvalue weighted by Crippen LogP contribution is 2.25. The summed E-state index contributed by atoms with van der Waals surface area (Å²) in [4.78, 5) is 18.9. The lowest BCUT2D eigenvalue weighted by Gasteiger charge is -2.02. The molecular weight excluding hydrogens is 328 g/mol. The normalized spacial score (nSPS) is 11.4. The number of nitrogens with zero attached hydrogens (tertiary/aromatic N) is 3. The molecule has 0 radical (unpaired) electrons. The van der Waals surface area contributed by atoms with E-state index < -0.39 is 4.92 Å². The number of H-pyrrole nitrogens is 1. The highest BCUT2D eigenvalue weighted by Gasteiger charge is 2.21. The highest BCUT2D eigenvalue weighted by atomic mass is 16.6. The van der Waals surface area contributed by atoms with Crippen LogP contribution in [0.25, 0.3) is 39.0 Å². The molecule has 124 valence electrons. The van der Waals surface area contributed by atoms with Gasteiger partial charge < -0.3 is 0 Å². The lowest BCUT2D eigenvalue weighted by Crippen LogP contribution is -2.25. The predicted molar refractivity (Wildman–Crippen MR) is 98.9 cm³/mol. The number of imidazole rings is 1. The molecule has 0 saturated carbocycles. The minimum Gasteiger partial charge on any atom is -0.269 e. The highest BCUT2D eigenvalue weighted by molar-refractivity contribution is 5.93. The average molecular weight is 341 g/mol. The summed E-state index contributed by atoms with van der Waals surface area (Å²) in [5, 5.41) is 12.0. The van der Waals surface area contributed by atoms with Crippen molar-refractivity contribution in [2.24, 2.45) is 0 Å². The third-order valence-electron chi connectivity index (χ3n) is 4.56. The van der Waals surface area contributed by atoms with Crippen molar-refractivity contribution < 1.29 is 9.32 Å². The summed E-state index contributed by atoms with van der Waals surface area (Å²) in [5.41, 5.74) is 4.72. The van der Waals surface area contributed by atoms with Crippen LogP contribution in [0, 0.1) is 10.1 Å². The smallest absolute Gasteiger partial charge is 0.269 e. The Bertz CT molecular complexity index is 1310. The summed E-state index contributed by atoms with van der Waals surface area (Å²) in [6.45, 7) is 0. The van der Waals surface area contributed by atoms with E-state index in [0.29, 0.717) is 0 Å². The van der Waals surface area contributed by atoms with Crippen LogP contribution in [-0.4, -0.2) is 14.9 Å². The molecule has 0 fully saturated rings. The van der Waals surface area contributed by atoms with Crippen LogP contribution in [-0.2, 0) is 0 Å². The number of nitro groups is 1. The number of fused-ring (bicyclic) bond motifs is 5. The zero-order valence-corrected chi connectivity index (χ0v) is 13.6. The Hall–Kier alpha value is -3.80. The Kier molecular flexibility index (Phi) is 2.99. The van der Waals surface area contributed by atoms with Crippen LogP contribution in [0.4, 0.5) is 5.69 Å². The van der Waals surface area contributed by atoms with E-state index in [1.165, 1.54) is 12.1 Å². The van der Waals surface area contributed by atoms with Crippen molar-refractivity contribution in [2.75, 3.05) is 0 Å². The lowest BCUT2D eigenvalue weighted by molar-refractivity contribution is -0.470. The van der Waals surface area contributed by atoms with Crippen LogP contribution in [0.1, 0.15) is 0 Å². The maximum Gasteiger partial charge on any atom is 0.275 e. The Labute approximate surface area is 147 Å². The lowest BCUT2D eigenvalue weighted by atomic mass is 10.1. The van der Waals surface area contributed by atoms with Crippen molar-refractivity contribution in [3.05, 3.63) is 82.9 Å². The standard InChI is InChI=1S/C20H12N4O2/c25-24(26)14-11-9-13(10-12-14)19-21-16-6-2-1-5-15(16)20-22-17-7-3-4-8-18(17)23(19)20/h1-12H/p+1. The van der Waals surface area contributed by atoms with Crippen molar-refractivity contribution in [3.8, 4) is 11.4 Å². The number of nitrogens with one attached hydrogen (secondary N) is 1. The van der Waals surface area contributed by atoms with Crippen LogP contribution in [0.2, 0.25) is 0 Å². The molecule has 5 rings (SSSR count). The minimum absolute atomic E-state index is 0.0645. The second-order valence-corrected chi connectivity index (χ2v) is 6.08. The van der Waals surface area contributed by atoms with Gasteiger partial charge >= 0.3 is 0 Å². The molecule has 0 amide bonds. The fourth-order valence-electron chi connectivity index (χ4n) is 3.35. The molecule has 6 nitrogen and oxygen atoms in total. The van der Waals surface area contributed by atoms with Crippen LogP contribution < -0.4 is 4.40 Å². The Morgan fingerprint density at radius 3 is 2.46 bits per heavy atom. The summed E-state index contributed by atoms with van der Waals surface area (Å²) < 4.78 is 2.07. The quantitative estimate of drug-likeness (QED) is 0.299. The summed E-state index contributed by atoms with van der Waals surface area (Å²) in [6.07, 6.45) is 0. The molecule has 0 aliphatic carbocycles.